The van der Waals surface area contributed by atoms with Crippen LogP contribution >= 0.6 is 0 Å². The number of aromatic nitrogens is 2. The van der Waals surface area contributed by atoms with Gasteiger partial charge in [-0.25, -0.2) is 4.98 Å². The summed E-state index contributed by atoms with van der Waals surface area (Å²) in [6, 6.07) is 14.4. The molecule has 0 fully saturated rings. The van der Waals surface area contributed by atoms with Crippen molar-refractivity contribution in [3.63, 3.8) is 0 Å². The molecule has 142 valence electrons. The predicted octanol–water partition coefficient (Wildman–Crippen LogP) is 3.80. The van der Waals surface area contributed by atoms with Crippen LogP contribution in [0.25, 0.3) is 11.0 Å². The van der Waals surface area contributed by atoms with Crippen LogP contribution < -0.4 is 10.1 Å². The molecule has 0 aliphatic carbocycles. The summed E-state index contributed by atoms with van der Waals surface area (Å²) >= 11 is 0. The Labute approximate surface area is 160 Å². The molecule has 1 N–H and O–H groups in total. The molecular weight excluding hydrogens is 338 g/mol. The number of nitrogens with zero attached hydrogens (tertiary/aromatic N) is 2. The van der Waals surface area contributed by atoms with E-state index in [1.807, 2.05) is 24.3 Å². The summed E-state index contributed by atoms with van der Waals surface area (Å²) in [6.07, 6.45) is 1.68. The second kappa shape index (κ2) is 8.71. The minimum Gasteiger partial charge on any atom is -0.491 e. The lowest BCUT2D eigenvalue weighted by Crippen LogP contribution is -2.21. The van der Waals surface area contributed by atoms with Crippen molar-refractivity contribution in [1.82, 2.24) is 14.9 Å². The number of para-hydroxylation sites is 3. The van der Waals surface area contributed by atoms with Gasteiger partial charge in [-0.2, -0.15) is 0 Å². The zero-order valence-electron chi connectivity index (χ0n) is 16.3. The van der Waals surface area contributed by atoms with E-state index in [0.29, 0.717) is 13.2 Å². The third-order valence-corrected chi connectivity index (χ3v) is 4.65. The maximum atomic E-state index is 11.0. The number of hydrogen-bond donors (Lipinski definition) is 1. The SMILES string of the molecule is CC(=O)NCCCc1nc2ccccc2n1CCOc1c(C)cccc1C. The van der Waals surface area contributed by atoms with Gasteiger partial charge in [0.05, 0.1) is 17.6 Å². The minimum atomic E-state index is 0.00510. The van der Waals surface area contributed by atoms with Crippen molar-refractivity contribution >= 4 is 16.9 Å². The van der Waals surface area contributed by atoms with Crippen LogP contribution in [0, 0.1) is 13.8 Å². The average molecular weight is 365 g/mol. The fraction of sp³-hybridized carbons (Fsp3) is 0.364. The van der Waals surface area contributed by atoms with Crippen molar-refractivity contribution in [2.45, 2.75) is 40.2 Å². The molecule has 1 heterocycles. The van der Waals surface area contributed by atoms with Crippen molar-refractivity contribution in [1.29, 1.82) is 0 Å². The first-order valence-corrected chi connectivity index (χ1v) is 9.44. The second-order valence-electron chi connectivity index (χ2n) is 6.82. The van der Waals surface area contributed by atoms with Gasteiger partial charge in [-0.1, -0.05) is 30.3 Å². The number of nitrogens with one attached hydrogen (secondary N) is 1. The molecule has 0 aliphatic heterocycles. The quantitative estimate of drug-likeness (QED) is 0.618. The lowest BCUT2D eigenvalue weighted by Gasteiger charge is -2.14. The van der Waals surface area contributed by atoms with Gasteiger partial charge < -0.3 is 14.6 Å². The molecule has 3 aromatic rings. The van der Waals surface area contributed by atoms with E-state index in [-0.39, 0.29) is 5.91 Å². The van der Waals surface area contributed by atoms with Crippen LogP contribution in [-0.2, 0) is 17.8 Å². The van der Waals surface area contributed by atoms with E-state index >= 15 is 0 Å². The molecule has 27 heavy (non-hydrogen) atoms. The lowest BCUT2D eigenvalue weighted by atomic mass is 10.1. The van der Waals surface area contributed by atoms with Gasteiger partial charge in [0, 0.05) is 19.9 Å². The Bertz CT molecular complexity index is 910. The number of carbonyl (C=O) groups excluding carboxylic acids is 1. The summed E-state index contributed by atoms with van der Waals surface area (Å²) in [5.74, 6) is 2.01. The first-order chi connectivity index (χ1) is 13.1. The van der Waals surface area contributed by atoms with Gasteiger partial charge in [0.15, 0.2) is 0 Å². The molecule has 0 atom stereocenters. The number of ether oxygens (including phenoxy) is 1. The third kappa shape index (κ3) is 4.67. The summed E-state index contributed by atoms with van der Waals surface area (Å²) in [4.78, 5) is 15.8. The number of hydrogen-bond acceptors (Lipinski definition) is 3. The van der Waals surface area contributed by atoms with E-state index in [0.717, 1.165) is 53.1 Å². The predicted molar refractivity (Wildman–Crippen MR) is 108 cm³/mol. The topological polar surface area (TPSA) is 56.2 Å². The summed E-state index contributed by atoms with van der Waals surface area (Å²) in [6.45, 7) is 7.68. The number of imidazole rings is 1. The van der Waals surface area contributed by atoms with Crippen molar-refractivity contribution in [2.75, 3.05) is 13.2 Å². The highest BCUT2D eigenvalue weighted by atomic mass is 16.5. The standard InChI is InChI=1S/C22H27N3O2/c1-16-8-6-9-17(2)22(16)27-15-14-25-20-11-5-4-10-19(20)24-21(25)12-7-13-23-18(3)26/h4-6,8-11H,7,12-15H2,1-3H3,(H,23,26). The van der Waals surface area contributed by atoms with Crippen LogP contribution in [0.2, 0.25) is 0 Å². The minimum absolute atomic E-state index is 0.00510. The van der Waals surface area contributed by atoms with Crippen molar-refractivity contribution < 1.29 is 9.53 Å². The maximum absolute atomic E-state index is 11.0. The Balaban J connectivity index is 1.72. The molecule has 0 aliphatic rings. The first-order valence-electron chi connectivity index (χ1n) is 9.44. The number of carbonyl (C=O) groups is 1. The smallest absolute Gasteiger partial charge is 0.216 e. The average Bonchev–Trinajstić information content (AvgIpc) is 2.99. The number of aryl methyl sites for hydroxylation is 3. The van der Waals surface area contributed by atoms with Crippen LogP contribution in [0.4, 0.5) is 0 Å². The van der Waals surface area contributed by atoms with E-state index < -0.39 is 0 Å². The highest BCUT2D eigenvalue weighted by molar-refractivity contribution is 5.76. The molecule has 0 unspecified atom stereocenters. The Morgan fingerprint density at radius 3 is 2.59 bits per heavy atom. The van der Waals surface area contributed by atoms with E-state index in [1.54, 1.807) is 6.92 Å². The Hall–Kier alpha value is -2.82. The van der Waals surface area contributed by atoms with Gasteiger partial charge in [-0.05, 0) is 43.5 Å². The molecular formula is C22H27N3O2. The number of benzene rings is 2. The summed E-state index contributed by atoms with van der Waals surface area (Å²) in [5.41, 5.74) is 4.43. The molecule has 0 radical (unpaired) electrons. The van der Waals surface area contributed by atoms with Gasteiger partial charge in [-0.15, -0.1) is 0 Å². The summed E-state index contributed by atoms with van der Waals surface area (Å²) in [7, 11) is 0. The first kappa shape index (κ1) is 19.0. The van der Waals surface area contributed by atoms with Crippen LogP contribution in [0.15, 0.2) is 42.5 Å². The van der Waals surface area contributed by atoms with E-state index in [4.69, 9.17) is 9.72 Å². The van der Waals surface area contributed by atoms with Gasteiger partial charge >= 0.3 is 0 Å². The van der Waals surface area contributed by atoms with Gasteiger partial charge in [-0.3, -0.25) is 4.79 Å². The fourth-order valence-corrected chi connectivity index (χ4v) is 3.34. The molecule has 1 aromatic heterocycles. The van der Waals surface area contributed by atoms with E-state index in [9.17, 15) is 4.79 Å². The molecule has 5 heteroatoms. The molecule has 0 bridgehead atoms. The lowest BCUT2D eigenvalue weighted by molar-refractivity contribution is -0.118. The van der Waals surface area contributed by atoms with Crippen LogP contribution in [0.5, 0.6) is 5.75 Å². The molecule has 0 saturated carbocycles. The highest BCUT2D eigenvalue weighted by Gasteiger charge is 2.11. The maximum Gasteiger partial charge on any atom is 0.216 e. The Morgan fingerprint density at radius 1 is 1.11 bits per heavy atom. The molecule has 1 amide bonds. The zero-order valence-corrected chi connectivity index (χ0v) is 16.3. The van der Waals surface area contributed by atoms with Crippen molar-refractivity contribution in [2.24, 2.45) is 0 Å². The molecule has 0 saturated heterocycles. The normalized spacial score (nSPS) is 10.9. The largest absolute Gasteiger partial charge is 0.491 e. The summed E-state index contributed by atoms with van der Waals surface area (Å²) < 4.78 is 8.33. The van der Waals surface area contributed by atoms with Gasteiger partial charge in [0.25, 0.3) is 0 Å². The number of amides is 1. The van der Waals surface area contributed by atoms with Crippen LogP contribution in [0.3, 0.4) is 0 Å². The third-order valence-electron chi connectivity index (χ3n) is 4.65. The molecule has 2 aromatic carbocycles. The second-order valence-corrected chi connectivity index (χ2v) is 6.82. The van der Waals surface area contributed by atoms with Crippen molar-refractivity contribution in [3.8, 4) is 5.75 Å². The van der Waals surface area contributed by atoms with Gasteiger partial charge in [0.1, 0.15) is 18.2 Å². The monoisotopic (exact) mass is 365 g/mol. The molecule has 0 spiro atoms. The molecule has 5 nitrogen and oxygen atoms in total. The van der Waals surface area contributed by atoms with E-state index in [2.05, 4.69) is 41.9 Å². The van der Waals surface area contributed by atoms with Crippen LogP contribution in [0.1, 0.15) is 30.3 Å². The summed E-state index contributed by atoms with van der Waals surface area (Å²) in [5, 5.41) is 2.85. The fourth-order valence-electron chi connectivity index (χ4n) is 3.34. The highest BCUT2D eigenvalue weighted by Crippen LogP contribution is 2.23. The number of fused-ring (bicyclic) bond motifs is 1. The van der Waals surface area contributed by atoms with E-state index in [1.165, 1.54) is 0 Å². The zero-order chi connectivity index (χ0) is 19.2. The van der Waals surface area contributed by atoms with Crippen LogP contribution in [-0.4, -0.2) is 28.6 Å². The number of rotatable bonds is 8. The molecule has 3 rings (SSSR count). The van der Waals surface area contributed by atoms with Gasteiger partial charge in [0.2, 0.25) is 5.91 Å². The Morgan fingerprint density at radius 2 is 1.85 bits per heavy atom. The van der Waals surface area contributed by atoms with Crippen molar-refractivity contribution in [3.05, 3.63) is 59.4 Å². The Kier molecular flexibility index (Phi) is 6.12.